The van der Waals surface area contributed by atoms with Gasteiger partial charge in [0.25, 0.3) is 0 Å². The Morgan fingerprint density at radius 1 is 1.27 bits per heavy atom. The van der Waals surface area contributed by atoms with E-state index in [9.17, 15) is 19.2 Å². The maximum absolute atomic E-state index is 11.8. The number of ether oxygens (including phenoxy) is 1. The van der Waals surface area contributed by atoms with Crippen molar-refractivity contribution in [2.45, 2.75) is 24.7 Å². The first-order valence-corrected chi connectivity index (χ1v) is 11.7. The molecule has 1 aromatic carbocycles. The van der Waals surface area contributed by atoms with Crippen LogP contribution in [0.15, 0.2) is 35.5 Å². The quantitative estimate of drug-likeness (QED) is 0.412. The van der Waals surface area contributed by atoms with E-state index in [1.807, 2.05) is 11.8 Å². The van der Waals surface area contributed by atoms with Gasteiger partial charge in [-0.25, -0.2) is 9.97 Å². The second-order valence-electron chi connectivity index (χ2n) is 7.22. The molecule has 0 spiro atoms. The van der Waals surface area contributed by atoms with Crippen LogP contribution in [0.3, 0.4) is 0 Å². The Balaban J connectivity index is 1.79. The summed E-state index contributed by atoms with van der Waals surface area (Å²) in [5.74, 6) is 0.841. The number of hydrogen-bond acceptors (Lipinski definition) is 9. The molecule has 0 amide bonds. The molecule has 0 bridgehead atoms. The van der Waals surface area contributed by atoms with Crippen LogP contribution in [0.5, 0.6) is 0 Å². The van der Waals surface area contributed by atoms with Crippen LogP contribution < -0.4 is 10.2 Å². The van der Waals surface area contributed by atoms with Gasteiger partial charge in [-0.3, -0.25) is 19.2 Å². The third kappa shape index (κ3) is 5.36. The molecule has 1 saturated heterocycles. The molecular weight excluding hydrogens is 410 g/mol. The molecule has 0 unspecified atom stereocenters. The molecule has 2 aromatic rings. The molecule has 10 nitrogen and oxygen atoms in total. The van der Waals surface area contributed by atoms with Crippen molar-refractivity contribution >= 4 is 33.6 Å². The molecule has 164 valence electrons. The normalized spacial score (nSPS) is 15.8. The highest BCUT2D eigenvalue weighted by Crippen LogP contribution is 2.44. The first-order valence-electron chi connectivity index (χ1n) is 9.72. The summed E-state index contributed by atoms with van der Waals surface area (Å²) in [6.07, 6.45) is 4.42. The minimum atomic E-state index is -2.82. The number of hydrogen-bond donors (Lipinski definition) is 3. The molecule has 1 aliphatic heterocycles. The fraction of sp³-hybridized carbons (Fsp3) is 0.474. The fourth-order valence-electron chi connectivity index (χ4n) is 3.39. The number of nitrogens with zero attached hydrogens (tertiary/aromatic N) is 4. The second-order valence-corrected chi connectivity index (χ2v) is 9.36. The number of benzene rings is 1. The van der Waals surface area contributed by atoms with Gasteiger partial charge in [-0.1, -0.05) is 0 Å². The maximum atomic E-state index is 11.8. The van der Waals surface area contributed by atoms with Crippen LogP contribution >= 0.6 is 10.6 Å². The lowest BCUT2D eigenvalue weighted by Gasteiger charge is -2.32. The molecule has 2 heterocycles. The Labute approximate surface area is 176 Å². The molecule has 3 rings (SSSR count). The number of piperidine rings is 1. The lowest BCUT2D eigenvalue weighted by molar-refractivity contribution is -0.383. The van der Waals surface area contributed by atoms with E-state index < -0.39 is 15.5 Å². The summed E-state index contributed by atoms with van der Waals surface area (Å²) in [5, 5.41) is 14.8. The van der Waals surface area contributed by atoms with E-state index in [1.165, 1.54) is 12.6 Å². The van der Waals surface area contributed by atoms with Gasteiger partial charge in [0.15, 0.2) is 0 Å². The summed E-state index contributed by atoms with van der Waals surface area (Å²) in [6, 6.07) is 6.37. The van der Waals surface area contributed by atoms with E-state index in [-0.39, 0.29) is 11.5 Å². The number of nitrogens with one attached hydrogen (secondary N) is 1. The topological polar surface area (TPSA) is 134 Å². The van der Waals surface area contributed by atoms with Gasteiger partial charge in [0.1, 0.15) is 6.33 Å². The van der Waals surface area contributed by atoms with Crippen molar-refractivity contribution in [2.24, 2.45) is 5.92 Å². The van der Waals surface area contributed by atoms with Crippen LogP contribution in [0.25, 0.3) is 0 Å². The summed E-state index contributed by atoms with van der Waals surface area (Å²) in [4.78, 5) is 22.0. The van der Waals surface area contributed by atoms with Crippen LogP contribution in [0, 0.1) is 16.0 Å². The van der Waals surface area contributed by atoms with E-state index >= 15 is 0 Å². The third-order valence-electron chi connectivity index (χ3n) is 5.02. The molecule has 0 saturated carbocycles. The first-order chi connectivity index (χ1) is 14.3. The summed E-state index contributed by atoms with van der Waals surface area (Å²) < 4.78 is 25.0. The molecule has 0 aliphatic carbocycles. The number of aromatic nitrogens is 2. The summed E-state index contributed by atoms with van der Waals surface area (Å²) in [5.41, 5.74) is 0.371. The Kier molecular flexibility index (Phi) is 7.08. The van der Waals surface area contributed by atoms with Crippen LogP contribution in [0.2, 0.25) is 0 Å². The van der Waals surface area contributed by atoms with Gasteiger partial charge < -0.3 is 15.0 Å². The average Bonchev–Trinajstić information content (AvgIpc) is 2.72. The number of rotatable bonds is 8. The van der Waals surface area contributed by atoms with Crippen LogP contribution in [0.4, 0.5) is 23.0 Å². The standard InChI is InChI=1S/C19H27N5O5S/c1-3-29-12-14-8-10-23(11-9-14)19-17(24(25)26)18(20-13-21-19)22-15-4-6-16(7-5-15)30(2,27)28/h4-7,13-14,27-28H,3,8-12H2,1-2H3,(H,20,21,22). The molecule has 1 aliphatic rings. The highest BCUT2D eigenvalue weighted by atomic mass is 32.3. The zero-order valence-corrected chi connectivity index (χ0v) is 17.8. The van der Waals surface area contributed by atoms with Crippen LogP contribution in [-0.2, 0) is 4.74 Å². The first kappa shape index (κ1) is 22.2. The third-order valence-corrected chi connectivity index (χ3v) is 6.19. The minimum absolute atomic E-state index is 0.0947. The molecule has 1 aromatic heterocycles. The van der Waals surface area contributed by atoms with Crippen molar-refractivity contribution in [2.75, 3.05) is 42.8 Å². The molecule has 3 N–H and O–H groups in total. The van der Waals surface area contributed by atoms with Crippen molar-refractivity contribution < 1.29 is 18.8 Å². The molecule has 30 heavy (non-hydrogen) atoms. The molecule has 11 heteroatoms. The van der Waals surface area contributed by atoms with Gasteiger partial charge in [-0.2, -0.15) is 10.6 Å². The molecular formula is C19H27N5O5S. The zero-order chi connectivity index (χ0) is 21.7. The van der Waals surface area contributed by atoms with Gasteiger partial charge in [0, 0.05) is 38.2 Å². The summed E-state index contributed by atoms with van der Waals surface area (Å²) in [6.45, 7) is 4.69. The predicted octanol–water partition coefficient (Wildman–Crippen LogP) is 4.12. The van der Waals surface area contributed by atoms with E-state index in [0.29, 0.717) is 48.6 Å². The molecule has 0 atom stereocenters. The van der Waals surface area contributed by atoms with Crippen molar-refractivity contribution in [3.05, 3.63) is 40.7 Å². The molecule has 1 fully saturated rings. The Hall–Kier alpha value is -2.47. The van der Waals surface area contributed by atoms with Crippen molar-refractivity contribution in [1.82, 2.24) is 9.97 Å². The Bertz CT molecular complexity index is 867. The Morgan fingerprint density at radius 3 is 2.50 bits per heavy atom. The van der Waals surface area contributed by atoms with E-state index in [1.54, 1.807) is 24.3 Å². The van der Waals surface area contributed by atoms with Crippen molar-refractivity contribution in [3.8, 4) is 0 Å². The van der Waals surface area contributed by atoms with E-state index in [4.69, 9.17) is 4.74 Å². The monoisotopic (exact) mass is 437 g/mol. The lowest BCUT2D eigenvalue weighted by atomic mass is 9.98. The predicted molar refractivity (Wildman–Crippen MR) is 117 cm³/mol. The minimum Gasteiger partial charge on any atom is -0.381 e. The summed E-state index contributed by atoms with van der Waals surface area (Å²) in [7, 11) is -2.82. The lowest BCUT2D eigenvalue weighted by Crippen LogP contribution is -2.36. The highest BCUT2D eigenvalue weighted by Gasteiger charge is 2.30. The van der Waals surface area contributed by atoms with E-state index in [0.717, 1.165) is 12.8 Å². The summed E-state index contributed by atoms with van der Waals surface area (Å²) >= 11 is 0. The smallest absolute Gasteiger partial charge is 0.353 e. The second kappa shape index (κ2) is 9.56. The van der Waals surface area contributed by atoms with Gasteiger partial charge in [-0.15, -0.1) is 0 Å². The van der Waals surface area contributed by atoms with Crippen molar-refractivity contribution in [3.63, 3.8) is 0 Å². The Morgan fingerprint density at radius 2 is 1.93 bits per heavy atom. The maximum Gasteiger partial charge on any atom is 0.353 e. The molecule has 0 radical (unpaired) electrons. The van der Waals surface area contributed by atoms with Crippen molar-refractivity contribution in [1.29, 1.82) is 0 Å². The van der Waals surface area contributed by atoms with Gasteiger partial charge in [0.05, 0.1) is 9.82 Å². The SMILES string of the molecule is CCOCC1CCN(c2ncnc(Nc3ccc(S(C)(O)O)cc3)c2[N+](=O)[O-])CC1. The van der Waals surface area contributed by atoms with Crippen LogP contribution in [-0.4, -0.2) is 56.6 Å². The van der Waals surface area contributed by atoms with Gasteiger partial charge in [-0.05, 0) is 49.9 Å². The largest absolute Gasteiger partial charge is 0.381 e. The highest BCUT2D eigenvalue weighted by molar-refractivity contribution is 8.23. The van der Waals surface area contributed by atoms with E-state index in [2.05, 4.69) is 15.3 Å². The van der Waals surface area contributed by atoms with Crippen LogP contribution in [0.1, 0.15) is 19.8 Å². The van der Waals surface area contributed by atoms with Gasteiger partial charge in [0.2, 0.25) is 11.6 Å². The number of anilines is 3. The van der Waals surface area contributed by atoms with Gasteiger partial charge >= 0.3 is 5.69 Å². The number of nitro groups is 1. The fourth-order valence-corrected chi connectivity index (χ4v) is 4.04. The zero-order valence-electron chi connectivity index (χ0n) is 17.0. The average molecular weight is 438 g/mol.